The fourth-order valence-corrected chi connectivity index (χ4v) is 3.35. The molecule has 11 heteroatoms. The SMILES string of the molecule is CCN(CC(C)C)[C@H](C(N)=O)C(=O)Nc1ccc(N2CCOCC2=O)c(OC(F)F)c1. The number of nitrogens with one attached hydrogen (secondary N) is 1. The molecular weight excluding hydrogens is 414 g/mol. The van der Waals surface area contributed by atoms with E-state index in [4.69, 9.17) is 10.5 Å². The molecule has 1 aromatic rings. The molecule has 0 spiro atoms. The molecule has 31 heavy (non-hydrogen) atoms. The van der Waals surface area contributed by atoms with Crippen LogP contribution in [0, 0.1) is 5.92 Å². The Labute approximate surface area is 179 Å². The van der Waals surface area contributed by atoms with Crippen molar-refractivity contribution < 1.29 is 32.6 Å². The number of nitrogens with zero attached hydrogens (tertiary/aromatic N) is 2. The van der Waals surface area contributed by atoms with Gasteiger partial charge in [-0.05, 0) is 24.6 Å². The molecule has 3 N–H and O–H groups in total. The molecular formula is C20H28F2N4O5. The number of hydrogen-bond acceptors (Lipinski definition) is 6. The molecule has 1 fully saturated rings. The van der Waals surface area contributed by atoms with Crippen molar-refractivity contribution in [1.82, 2.24) is 4.90 Å². The van der Waals surface area contributed by atoms with Crippen molar-refractivity contribution in [3.8, 4) is 5.75 Å². The zero-order valence-corrected chi connectivity index (χ0v) is 17.8. The van der Waals surface area contributed by atoms with Crippen LogP contribution in [0.2, 0.25) is 0 Å². The van der Waals surface area contributed by atoms with Crippen molar-refractivity contribution in [1.29, 1.82) is 0 Å². The topological polar surface area (TPSA) is 114 Å². The van der Waals surface area contributed by atoms with Crippen molar-refractivity contribution in [3.63, 3.8) is 0 Å². The molecule has 0 saturated carbocycles. The Morgan fingerprint density at radius 3 is 2.61 bits per heavy atom. The minimum Gasteiger partial charge on any atom is -0.433 e. The summed E-state index contributed by atoms with van der Waals surface area (Å²) in [6.45, 7) is 3.68. The number of carbonyl (C=O) groups excluding carboxylic acids is 3. The Morgan fingerprint density at radius 2 is 2.06 bits per heavy atom. The standard InChI is InChI=1S/C20H28F2N4O5/c1-4-25(10-12(2)3)17(18(23)28)19(29)24-13-5-6-14(15(9-13)31-20(21)22)26-7-8-30-11-16(26)27/h5-6,9,12,17,20H,4,7-8,10-11H2,1-3H3,(H2,23,28)(H,24,29)/t17-/m1/s1. The number of carbonyl (C=O) groups is 3. The highest BCUT2D eigenvalue weighted by molar-refractivity contribution is 6.09. The number of nitrogens with two attached hydrogens (primary N) is 1. The number of alkyl halides is 2. The molecule has 1 aromatic carbocycles. The van der Waals surface area contributed by atoms with E-state index in [9.17, 15) is 23.2 Å². The maximum absolute atomic E-state index is 13.0. The number of likely N-dealkylation sites (N-methyl/N-ethyl adjacent to an activating group) is 1. The zero-order chi connectivity index (χ0) is 23.1. The zero-order valence-electron chi connectivity index (χ0n) is 17.8. The summed E-state index contributed by atoms with van der Waals surface area (Å²) in [7, 11) is 0. The van der Waals surface area contributed by atoms with Crippen LogP contribution in [-0.4, -0.2) is 68.1 Å². The molecule has 9 nitrogen and oxygen atoms in total. The van der Waals surface area contributed by atoms with E-state index < -0.39 is 30.4 Å². The number of ether oxygens (including phenoxy) is 2. The molecule has 1 saturated heterocycles. The fourth-order valence-electron chi connectivity index (χ4n) is 3.35. The van der Waals surface area contributed by atoms with Crippen LogP contribution in [0.1, 0.15) is 20.8 Å². The van der Waals surface area contributed by atoms with Crippen LogP contribution < -0.4 is 20.7 Å². The maximum Gasteiger partial charge on any atom is 0.387 e. The molecule has 1 aliphatic rings. The lowest BCUT2D eigenvalue weighted by Gasteiger charge is -2.30. The van der Waals surface area contributed by atoms with Gasteiger partial charge in [0.25, 0.3) is 11.8 Å². The summed E-state index contributed by atoms with van der Waals surface area (Å²) in [5.74, 6) is -2.00. The van der Waals surface area contributed by atoms with Gasteiger partial charge in [-0.25, -0.2) is 0 Å². The summed E-state index contributed by atoms with van der Waals surface area (Å²) >= 11 is 0. The van der Waals surface area contributed by atoms with Crippen molar-refractivity contribution in [3.05, 3.63) is 18.2 Å². The van der Waals surface area contributed by atoms with Gasteiger partial charge in [0, 0.05) is 24.8 Å². The molecule has 172 valence electrons. The third kappa shape index (κ3) is 6.59. The maximum atomic E-state index is 13.0. The van der Waals surface area contributed by atoms with Crippen LogP contribution in [0.15, 0.2) is 18.2 Å². The predicted molar refractivity (Wildman–Crippen MR) is 110 cm³/mol. The second-order valence-electron chi connectivity index (χ2n) is 7.43. The monoisotopic (exact) mass is 442 g/mol. The third-order valence-corrected chi connectivity index (χ3v) is 4.61. The van der Waals surface area contributed by atoms with E-state index in [-0.39, 0.29) is 42.8 Å². The fraction of sp³-hybridized carbons (Fsp3) is 0.550. The summed E-state index contributed by atoms with van der Waals surface area (Å²) in [6, 6.07) is 2.78. The van der Waals surface area contributed by atoms with Crippen LogP contribution in [0.3, 0.4) is 0 Å². The van der Waals surface area contributed by atoms with Gasteiger partial charge in [-0.15, -0.1) is 0 Å². The van der Waals surface area contributed by atoms with Gasteiger partial charge in [0.1, 0.15) is 6.61 Å². The lowest BCUT2D eigenvalue weighted by Crippen LogP contribution is -2.53. The molecule has 0 radical (unpaired) electrons. The van der Waals surface area contributed by atoms with Crippen molar-refractivity contribution in [2.75, 3.05) is 43.1 Å². The van der Waals surface area contributed by atoms with Crippen molar-refractivity contribution in [2.24, 2.45) is 11.7 Å². The van der Waals surface area contributed by atoms with E-state index in [1.165, 1.54) is 23.1 Å². The third-order valence-electron chi connectivity index (χ3n) is 4.61. The largest absolute Gasteiger partial charge is 0.433 e. The number of morpholine rings is 1. The highest BCUT2D eigenvalue weighted by Crippen LogP contribution is 2.33. The van der Waals surface area contributed by atoms with E-state index in [1.807, 2.05) is 13.8 Å². The lowest BCUT2D eigenvalue weighted by molar-refractivity contribution is -0.132. The van der Waals surface area contributed by atoms with E-state index in [0.717, 1.165) is 0 Å². The Hall–Kier alpha value is -2.79. The number of anilines is 2. The summed E-state index contributed by atoms with van der Waals surface area (Å²) in [4.78, 5) is 39.8. The second kappa shape index (κ2) is 11.0. The quantitative estimate of drug-likeness (QED) is 0.530. The van der Waals surface area contributed by atoms with Crippen LogP contribution in [0.5, 0.6) is 5.75 Å². The lowest BCUT2D eigenvalue weighted by atomic mass is 10.1. The highest BCUT2D eigenvalue weighted by atomic mass is 19.3. The Balaban J connectivity index is 2.29. The van der Waals surface area contributed by atoms with Crippen LogP contribution in [0.4, 0.5) is 20.2 Å². The number of benzene rings is 1. The molecule has 0 aromatic heterocycles. The van der Waals surface area contributed by atoms with E-state index in [0.29, 0.717) is 13.1 Å². The first-order chi connectivity index (χ1) is 14.6. The summed E-state index contributed by atoms with van der Waals surface area (Å²) in [5.41, 5.74) is 5.71. The van der Waals surface area contributed by atoms with Gasteiger partial charge in [-0.3, -0.25) is 19.3 Å². The summed E-state index contributed by atoms with van der Waals surface area (Å²) in [6.07, 6.45) is 0. The number of primary amides is 1. The van der Waals surface area contributed by atoms with Gasteiger partial charge < -0.3 is 25.4 Å². The number of hydrogen-bond donors (Lipinski definition) is 2. The first-order valence-electron chi connectivity index (χ1n) is 9.95. The normalized spacial score (nSPS) is 15.5. The second-order valence-corrected chi connectivity index (χ2v) is 7.43. The van der Waals surface area contributed by atoms with Gasteiger partial charge >= 0.3 is 6.61 Å². The van der Waals surface area contributed by atoms with Gasteiger partial charge in [0.05, 0.1) is 12.3 Å². The van der Waals surface area contributed by atoms with Crippen molar-refractivity contribution >= 4 is 29.1 Å². The molecule has 1 aliphatic heterocycles. The van der Waals surface area contributed by atoms with Crippen LogP contribution in [0.25, 0.3) is 0 Å². The van der Waals surface area contributed by atoms with Crippen LogP contribution >= 0.6 is 0 Å². The minimum atomic E-state index is -3.14. The summed E-state index contributed by atoms with van der Waals surface area (Å²) < 4.78 is 35.6. The molecule has 2 rings (SSSR count). The van der Waals surface area contributed by atoms with Gasteiger partial charge in [-0.1, -0.05) is 20.8 Å². The molecule has 0 aliphatic carbocycles. The van der Waals surface area contributed by atoms with E-state index >= 15 is 0 Å². The number of halogens is 2. The smallest absolute Gasteiger partial charge is 0.387 e. The molecule has 0 unspecified atom stereocenters. The van der Waals surface area contributed by atoms with Crippen LogP contribution in [-0.2, 0) is 19.1 Å². The van der Waals surface area contributed by atoms with Crippen molar-refractivity contribution in [2.45, 2.75) is 33.4 Å². The average Bonchev–Trinajstić information content (AvgIpc) is 2.67. The Morgan fingerprint density at radius 1 is 1.35 bits per heavy atom. The van der Waals surface area contributed by atoms with E-state index in [2.05, 4.69) is 10.1 Å². The minimum absolute atomic E-state index is 0.122. The Kier molecular flexibility index (Phi) is 8.69. The van der Waals surface area contributed by atoms with Gasteiger partial charge in [0.2, 0.25) is 5.91 Å². The van der Waals surface area contributed by atoms with E-state index in [1.54, 1.807) is 11.8 Å². The number of amides is 3. The average molecular weight is 442 g/mol. The first-order valence-corrected chi connectivity index (χ1v) is 9.95. The summed E-state index contributed by atoms with van der Waals surface area (Å²) in [5, 5.41) is 2.53. The molecule has 3 amide bonds. The predicted octanol–water partition coefficient (Wildman–Crippen LogP) is 1.42. The molecule has 1 heterocycles. The van der Waals surface area contributed by atoms with Gasteiger partial charge in [-0.2, -0.15) is 8.78 Å². The van der Waals surface area contributed by atoms with Gasteiger partial charge in [0.15, 0.2) is 11.8 Å². The number of rotatable bonds is 10. The highest BCUT2D eigenvalue weighted by Gasteiger charge is 2.31. The first kappa shape index (κ1) is 24.5. The Bertz CT molecular complexity index is 806. The molecule has 1 atom stereocenters. The molecule has 0 bridgehead atoms.